The van der Waals surface area contributed by atoms with E-state index in [2.05, 4.69) is 21.2 Å². The number of nitrogens with one attached hydrogen (secondary N) is 1. The van der Waals surface area contributed by atoms with Crippen LogP contribution in [0.4, 0.5) is 0 Å². The van der Waals surface area contributed by atoms with Crippen LogP contribution in [0.15, 0.2) is 0 Å². The average molecular weight is 166 g/mol. The summed E-state index contributed by atoms with van der Waals surface area (Å²) in [6.45, 7) is 1.82. The van der Waals surface area contributed by atoms with Gasteiger partial charge in [-0.25, -0.2) is 0 Å². The van der Waals surface area contributed by atoms with E-state index in [0.29, 0.717) is 11.9 Å². The number of rotatable bonds is 2. The van der Waals surface area contributed by atoms with E-state index < -0.39 is 0 Å². The minimum atomic E-state index is 0.0804. The summed E-state index contributed by atoms with van der Waals surface area (Å²) in [6, 6.07) is 0. The van der Waals surface area contributed by atoms with E-state index in [0.717, 1.165) is 0 Å². The Hall–Kier alpha value is -0.0500. The quantitative estimate of drug-likeness (QED) is 0.478. The predicted molar refractivity (Wildman–Crippen MR) is 32.2 cm³/mol. The summed E-state index contributed by atoms with van der Waals surface area (Å²) in [5, 5.41) is 2.57. The van der Waals surface area contributed by atoms with E-state index in [-0.39, 0.29) is 5.91 Å². The molecule has 0 saturated heterocycles. The molecule has 0 aromatic heterocycles. The fraction of sp³-hybridized carbons (Fsp3) is 0.750. The van der Waals surface area contributed by atoms with Gasteiger partial charge in [0.2, 0.25) is 5.91 Å². The molecule has 1 N–H and O–H groups in total. The van der Waals surface area contributed by atoms with Crippen LogP contribution in [0.25, 0.3) is 0 Å². The number of alkyl halides is 1. The largest absolute Gasteiger partial charge is 0.346 e. The van der Waals surface area contributed by atoms with Crippen LogP contribution in [0, 0.1) is 0 Å². The van der Waals surface area contributed by atoms with Crippen molar-refractivity contribution in [3.63, 3.8) is 0 Å². The first-order valence-corrected chi connectivity index (χ1v) is 3.26. The van der Waals surface area contributed by atoms with Crippen molar-refractivity contribution in [3.05, 3.63) is 0 Å². The zero-order valence-electron chi connectivity index (χ0n) is 4.20. The lowest BCUT2D eigenvalue weighted by atomic mass is 10.5. The van der Waals surface area contributed by atoms with Gasteiger partial charge in [0.25, 0.3) is 0 Å². The van der Waals surface area contributed by atoms with Crippen LogP contribution in [0.3, 0.4) is 0 Å². The highest BCUT2D eigenvalue weighted by atomic mass is 79.9. The molecule has 42 valence electrons. The SMILES string of the molecule is CCC(=O)NCBr. The van der Waals surface area contributed by atoms with E-state index in [4.69, 9.17) is 0 Å². The van der Waals surface area contributed by atoms with Gasteiger partial charge in [0.1, 0.15) is 0 Å². The molecule has 0 aliphatic rings. The summed E-state index contributed by atoms with van der Waals surface area (Å²) in [5.41, 5.74) is 0.555. The zero-order valence-corrected chi connectivity index (χ0v) is 5.79. The molecule has 0 aliphatic heterocycles. The third-order valence-electron chi connectivity index (χ3n) is 0.585. The fourth-order valence-corrected chi connectivity index (χ4v) is 0.512. The Labute approximate surface area is 51.4 Å². The van der Waals surface area contributed by atoms with Crippen molar-refractivity contribution in [2.24, 2.45) is 0 Å². The summed E-state index contributed by atoms with van der Waals surface area (Å²) < 4.78 is 0. The van der Waals surface area contributed by atoms with Crippen molar-refractivity contribution in [1.29, 1.82) is 0 Å². The van der Waals surface area contributed by atoms with Crippen molar-refractivity contribution in [2.75, 3.05) is 5.45 Å². The minimum Gasteiger partial charge on any atom is -0.346 e. The molecule has 0 bridgehead atoms. The minimum absolute atomic E-state index is 0.0804. The van der Waals surface area contributed by atoms with Crippen LogP contribution >= 0.6 is 15.9 Å². The molecule has 7 heavy (non-hydrogen) atoms. The highest BCUT2D eigenvalue weighted by Gasteiger charge is 1.89. The third-order valence-corrected chi connectivity index (χ3v) is 0.865. The molecular weight excluding hydrogens is 158 g/mol. The second-order valence-electron chi connectivity index (χ2n) is 1.09. The van der Waals surface area contributed by atoms with Gasteiger partial charge in [-0.3, -0.25) is 4.79 Å². The summed E-state index contributed by atoms with van der Waals surface area (Å²) in [4.78, 5) is 10.3. The van der Waals surface area contributed by atoms with Gasteiger partial charge in [-0.1, -0.05) is 22.9 Å². The van der Waals surface area contributed by atoms with Gasteiger partial charge in [0.05, 0.1) is 5.45 Å². The number of hydrogen-bond donors (Lipinski definition) is 1. The van der Waals surface area contributed by atoms with E-state index in [1.165, 1.54) is 0 Å². The lowest BCUT2D eigenvalue weighted by Gasteiger charge is -1.92. The van der Waals surface area contributed by atoms with Crippen molar-refractivity contribution in [3.8, 4) is 0 Å². The monoisotopic (exact) mass is 165 g/mol. The van der Waals surface area contributed by atoms with Gasteiger partial charge in [-0.15, -0.1) is 0 Å². The number of carbonyl (C=O) groups excluding carboxylic acids is 1. The highest BCUT2D eigenvalue weighted by molar-refractivity contribution is 9.09. The topological polar surface area (TPSA) is 29.1 Å². The molecule has 0 unspecified atom stereocenters. The lowest BCUT2D eigenvalue weighted by molar-refractivity contribution is -0.120. The van der Waals surface area contributed by atoms with E-state index in [9.17, 15) is 4.79 Å². The average Bonchev–Trinajstić information content (AvgIpc) is 1.68. The van der Waals surface area contributed by atoms with Crippen LogP contribution in [0.2, 0.25) is 0 Å². The summed E-state index contributed by atoms with van der Waals surface area (Å²) in [7, 11) is 0. The number of carbonyl (C=O) groups is 1. The molecule has 0 spiro atoms. The summed E-state index contributed by atoms with van der Waals surface area (Å²) in [6.07, 6.45) is 0.561. The first kappa shape index (κ1) is 6.95. The van der Waals surface area contributed by atoms with Gasteiger partial charge in [-0.2, -0.15) is 0 Å². The highest BCUT2D eigenvalue weighted by Crippen LogP contribution is 1.76. The van der Waals surface area contributed by atoms with Crippen LogP contribution in [-0.4, -0.2) is 11.4 Å². The standard InChI is InChI=1S/C4H8BrNO/c1-2-4(7)6-3-5/h2-3H2,1H3,(H,6,7). The van der Waals surface area contributed by atoms with Crippen molar-refractivity contribution < 1.29 is 4.79 Å². The normalized spacial score (nSPS) is 8.29. The molecule has 0 atom stereocenters. The van der Waals surface area contributed by atoms with Crippen LogP contribution < -0.4 is 5.32 Å². The van der Waals surface area contributed by atoms with E-state index in [1.54, 1.807) is 0 Å². The number of amides is 1. The third kappa shape index (κ3) is 3.79. The Morgan fingerprint density at radius 2 is 2.43 bits per heavy atom. The van der Waals surface area contributed by atoms with Gasteiger partial charge < -0.3 is 5.32 Å². The van der Waals surface area contributed by atoms with Gasteiger partial charge in [0, 0.05) is 6.42 Å². The molecule has 0 saturated carbocycles. The first-order chi connectivity index (χ1) is 3.31. The maximum Gasteiger partial charge on any atom is 0.220 e. The zero-order chi connectivity index (χ0) is 5.70. The Morgan fingerprint density at radius 3 is 2.57 bits per heavy atom. The molecule has 0 rings (SSSR count). The Balaban J connectivity index is 3.00. The number of hydrogen-bond acceptors (Lipinski definition) is 1. The predicted octanol–water partition coefficient (Wildman–Crippen LogP) is 0.865. The van der Waals surface area contributed by atoms with Crippen molar-refractivity contribution >= 4 is 21.8 Å². The summed E-state index contributed by atoms with van der Waals surface area (Å²) in [5.74, 6) is 0.0804. The molecule has 0 aliphatic carbocycles. The Morgan fingerprint density at radius 1 is 1.86 bits per heavy atom. The molecular formula is C4H8BrNO. The van der Waals surface area contributed by atoms with Gasteiger partial charge in [-0.05, 0) is 0 Å². The van der Waals surface area contributed by atoms with Gasteiger partial charge in [0.15, 0.2) is 0 Å². The molecule has 0 aromatic rings. The maximum atomic E-state index is 10.3. The van der Waals surface area contributed by atoms with Crippen LogP contribution in [-0.2, 0) is 4.79 Å². The van der Waals surface area contributed by atoms with Crippen molar-refractivity contribution in [1.82, 2.24) is 5.32 Å². The smallest absolute Gasteiger partial charge is 0.220 e. The molecule has 0 heterocycles. The molecule has 3 heteroatoms. The summed E-state index contributed by atoms with van der Waals surface area (Å²) >= 11 is 3.06. The second-order valence-corrected chi connectivity index (χ2v) is 1.65. The van der Waals surface area contributed by atoms with Gasteiger partial charge >= 0.3 is 0 Å². The maximum absolute atomic E-state index is 10.3. The Bertz CT molecular complexity index is 64.7. The molecule has 0 radical (unpaired) electrons. The lowest BCUT2D eigenvalue weighted by Crippen LogP contribution is -2.19. The van der Waals surface area contributed by atoms with E-state index in [1.807, 2.05) is 6.92 Å². The van der Waals surface area contributed by atoms with Crippen LogP contribution in [0.1, 0.15) is 13.3 Å². The molecule has 1 amide bonds. The first-order valence-electron chi connectivity index (χ1n) is 2.14. The molecule has 0 fully saturated rings. The van der Waals surface area contributed by atoms with E-state index >= 15 is 0 Å². The molecule has 0 aromatic carbocycles. The molecule has 2 nitrogen and oxygen atoms in total. The van der Waals surface area contributed by atoms with Crippen molar-refractivity contribution in [2.45, 2.75) is 13.3 Å². The second kappa shape index (κ2) is 4.12. The van der Waals surface area contributed by atoms with Crippen LogP contribution in [0.5, 0.6) is 0 Å². The number of halogens is 1. The fourth-order valence-electron chi connectivity index (χ4n) is 0.200. The Kier molecular flexibility index (Phi) is 4.09.